The van der Waals surface area contributed by atoms with Crippen molar-refractivity contribution in [2.24, 2.45) is 0 Å². The van der Waals surface area contributed by atoms with E-state index in [-0.39, 0.29) is 11.4 Å². The zero-order valence-electron chi connectivity index (χ0n) is 9.22. The van der Waals surface area contributed by atoms with Crippen LogP contribution in [-0.4, -0.2) is 10.9 Å². The van der Waals surface area contributed by atoms with Crippen LogP contribution in [0.3, 0.4) is 0 Å². The van der Waals surface area contributed by atoms with Crippen LogP contribution in [0, 0.1) is 17.1 Å². The Hall–Kier alpha value is -2.74. The lowest BCUT2D eigenvalue weighted by Crippen LogP contribution is -2.13. The molecular weight excluding hydrogens is 233 g/mol. The Morgan fingerprint density at radius 2 is 2.00 bits per heavy atom. The van der Waals surface area contributed by atoms with Gasteiger partial charge in [0.2, 0.25) is 0 Å². The number of pyridine rings is 1. The van der Waals surface area contributed by atoms with Crippen molar-refractivity contribution in [2.75, 3.05) is 5.32 Å². The number of carbonyl (C=O) groups excluding carboxylic acids is 1. The molecule has 1 aromatic carbocycles. The molecular formula is C13H8FN3O. The molecule has 0 radical (unpaired) electrons. The third-order valence-corrected chi connectivity index (χ3v) is 2.27. The smallest absolute Gasteiger partial charge is 0.256 e. The van der Waals surface area contributed by atoms with Gasteiger partial charge in [0.15, 0.2) is 5.82 Å². The fourth-order valence-electron chi connectivity index (χ4n) is 1.38. The van der Waals surface area contributed by atoms with Crippen LogP contribution in [-0.2, 0) is 0 Å². The Kier molecular flexibility index (Phi) is 3.30. The molecule has 0 aliphatic carbocycles. The predicted octanol–water partition coefficient (Wildman–Crippen LogP) is 2.34. The summed E-state index contributed by atoms with van der Waals surface area (Å²) in [6.45, 7) is 0. The molecule has 0 fully saturated rings. The summed E-state index contributed by atoms with van der Waals surface area (Å²) in [5, 5.41) is 11.3. The summed E-state index contributed by atoms with van der Waals surface area (Å²) in [6, 6.07) is 10.2. The van der Waals surface area contributed by atoms with Crippen LogP contribution in [0.1, 0.15) is 15.9 Å². The van der Waals surface area contributed by atoms with Crippen LogP contribution >= 0.6 is 0 Å². The number of nitrogens with one attached hydrogen (secondary N) is 1. The molecule has 4 nitrogen and oxygen atoms in total. The zero-order valence-corrected chi connectivity index (χ0v) is 9.22. The van der Waals surface area contributed by atoms with Crippen LogP contribution in [0.25, 0.3) is 0 Å². The van der Waals surface area contributed by atoms with Crippen molar-refractivity contribution >= 4 is 11.7 Å². The minimum Gasteiger partial charge on any atom is -0.305 e. The highest BCUT2D eigenvalue weighted by Gasteiger charge is 2.09. The van der Waals surface area contributed by atoms with Gasteiger partial charge < -0.3 is 5.32 Å². The van der Waals surface area contributed by atoms with Gasteiger partial charge in [0.25, 0.3) is 5.91 Å². The number of amides is 1. The number of hydrogen-bond acceptors (Lipinski definition) is 3. The first kappa shape index (κ1) is 11.7. The standard InChI is InChI=1S/C13H8FN3O/c14-11-5-3-9(4-6-11)13(18)17-12-10(8-15)2-1-7-16-12/h1-7H,(H,16,17,18). The molecule has 0 bridgehead atoms. The Morgan fingerprint density at radius 3 is 2.67 bits per heavy atom. The van der Waals surface area contributed by atoms with Gasteiger partial charge >= 0.3 is 0 Å². The summed E-state index contributed by atoms with van der Waals surface area (Å²) in [6.07, 6.45) is 1.47. The fraction of sp³-hybridized carbons (Fsp3) is 0. The summed E-state index contributed by atoms with van der Waals surface area (Å²) < 4.78 is 12.7. The quantitative estimate of drug-likeness (QED) is 0.877. The van der Waals surface area contributed by atoms with Crippen LogP contribution in [0.15, 0.2) is 42.6 Å². The third kappa shape index (κ3) is 2.50. The van der Waals surface area contributed by atoms with E-state index in [0.717, 1.165) is 0 Å². The molecule has 2 rings (SSSR count). The van der Waals surface area contributed by atoms with Crippen molar-refractivity contribution in [1.29, 1.82) is 5.26 Å². The van der Waals surface area contributed by atoms with Gasteiger partial charge in [-0.25, -0.2) is 9.37 Å². The first-order valence-corrected chi connectivity index (χ1v) is 5.13. The molecule has 1 aromatic heterocycles. The van der Waals surface area contributed by atoms with E-state index in [1.54, 1.807) is 12.1 Å². The monoisotopic (exact) mass is 241 g/mol. The average molecular weight is 241 g/mol. The number of nitrogens with zero attached hydrogens (tertiary/aromatic N) is 2. The average Bonchev–Trinajstić information content (AvgIpc) is 2.40. The van der Waals surface area contributed by atoms with Crippen LogP contribution in [0.2, 0.25) is 0 Å². The van der Waals surface area contributed by atoms with Gasteiger partial charge in [-0.2, -0.15) is 5.26 Å². The van der Waals surface area contributed by atoms with E-state index >= 15 is 0 Å². The van der Waals surface area contributed by atoms with Gasteiger partial charge in [0, 0.05) is 11.8 Å². The van der Waals surface area contributed by atoms with Crippen molar-refractivity contribution in [2.45, 2.75) is 0 Å². The number of benzene rings is 1. The van der Waals surface area contributed by atoms with E-state index in [1.807, 2.05) is 6.07 Å². The lowest BCUT2D eigenvalue weighted by atomic mass is 10.2. The van der Waals surface area contributed by atoms with Crippen molar-refractivity contribution in [3.63, 3.8) is 0 Å². The van der Waals surface area contributed by atoms with E-state index in [4.69, 9.17) is 5.26 Å². The number of halogens is 1. The molecule has 2 aromatic rings. The molecule has 88 valence electrons. The summed E-state index contributed by atoms with van der Waals surface area (Å²) in [5.74, 6) is -0.665. The van der Waals surface area contributed by atoms with E-state index in [1.165, 1.54) is 30.5 Å². The summed E-state index contributed by atoms with van der Waals surface area (Å²) >= 11 is 0. The first-order chi connectivity index (χ1) is 8.70. The van der Waals surface area contributed by atoms with Crippen molar-refractivity contribution in [3.05, 3.63) is 59.5 Å². The van der Waals surface area contributed by atoms with E-state index < -0.39 is 11.7 Å². The third-order valence-electron chi connectivity index (χ3n) is 2.27. The highest BCUT2D eigenvalue weighted by Crippen LogP contribution is 2.12. The molecule has 0 spiro atoms. The van der Waals surface area contributed by atoms with E-state index in [0.29, 0.717) is 5.56 Å². The van der Waals surface area contributed by atoms with Gasteiger partial charge in [-0.15, -0.1) is 0 Å². The maximum Gasteiger partial charge on any atom is 0.256 e. The number of anilines is 1. The highest BCUT2D eigenvalue weighted by atomic mass is 19.1. The second kappa shape index (κ2) is 5.06. The Morgan fingerprint density at radius 1 is 1.28 bits per heavy atom. The van der Waals surface area contributed by atoms with Crippen LogP contribution in [0.4, 0.5) is 10.2 Å². The molecule has 0 unspecified atom stereocenters. The lowest BCUT2D eigenvalue weighted by molar-refractivity contribution is 0.102. The number of aromatic nitrogens is 1. The minimum atomic E-state index is -0.440. The first-order valence-electron chi connectivity index (χ1n) is 5.13. The Bertz CT molecular complexity index is 617. The molecule has 0 saturated carbocycles. The normalized spacial score (nSPS) is 9.56. The van der Waals surface area contributed by atoms with Crippen LogP contribution in [0.5, 0.6) is 0 Å². The fourth-order valence-corrected chi connectivity index (χ4v) is 1.38. The van der Waals surface area contributed by atoms with Gasteiger partial charge in [-0.1, -0.05) is 0 Å². The number of carbonyl (C=O) groups is 1. The van der Waals surface area contributed by atoms with E-state index in [9.17, 15) is 9.18 Å². The SMILES string of the molecule is N#Cc1cccnc1NC(=O)c1ccc(F)cc1. The van der Waals surface area contributed by atoms with Gasteiger partial charge in [0.1, 0.15) is 11.9 Å². The minimum absolute atomic E-state index is 0.189. The van der Waals surface area contributed by atoms with Crippen molar-refractivity contribution in [1.82, 2.24) is 4.98 Å². The number of nitriles is 1. The molecule has 0 saturated heterocycles. The molecule has 1 N–H and O–H groups in total. The Labute approximate surface area is 103 Å². The molecule has 0 aliphatic rings. The van der Waals surface area contributed by atoms with Crippen molar-refractivity contribution in [3.8, 4) is 6.07 Å². The summed E-state index contributed by atoms with van der Waals surface area (Å²) in [5.41, 5.74) is 0.568. The second-order valence-electron chi connectivity index (χ2n) is 3.47. The Balaban J connectivity index is 2.22. The molecule has 1 heterocycles. The maximum atomic E-state index is 12.7. The number of rotatable bonds is 2. The van der Waals surface area contributed by atoms with Crippen LogP contribution < -0.4 is 5.32 Å². The summed E-state index contributed by atoms with van der Waals surface area (Å²) in [7, 11) is 0. The predicted molar refractivity (Wildman–Crippen MR) is 63.3 cm³/mol. The molecule has 18 heavy (non-hydrogen) atoms. The molecule has 0 aliphatic heterocycles. The largest absolute Gasteiger partial charge is 0.305 e. The molecule has 1 amide bonds. The van der Waals surface area contributed by atoms with Gasteiger partial charge in [-0.05, 0) is 36.4 Å². The lowest BCUT2D eigenvalue weighted by Gasteiger charge is -2.05. The highest BCUT2D eigenvalue weighted by molar-refractivity contribution is 6.04. The van der Waals surface area contributed by atoms with E-state index in [2.05, 4.69) is 10.3 Å². The second-order valence-corrected chi connectivity index (χ2v) is 3.47. The van der Waals surface area contributed by atoms with Gasteiger partial charge in [-0.3, -0.25) is 4.79 Å². The topological polar surface area (TPSA) is 65.8 Å². The molecule has 0 atom stereocenters. The molecule has 5 heteroatoms. The summed E-state index contributed by atoms with van der Waals surface area (Å²) in [4.78, 5) is 15.7. The van der Waals surface area contributed by atoms with Crippen molar-refractivity contribution < 1.29 is 9.18 Å². The van der Waals surface area contributed by atoms with Gasteiger partial charge in [0.05, 0.1) is 5.56 Å². The number of hydrogen-bond donors (Lipinski definition) is 1. The maximum absolute atomic E-state index is 12.7. The zero-order chi connectivity index (χ0) is 13.0.